The molecular formula is C37H44N6O7S. The fraction of sp³-hybridized carbons (Fsp3) is 0.486. The summed E-state index contributed by atoms with van der Waals surface area (Å²) in [6.07, 6.45) is 3.51. The van der Waals surface area contributed by atoms with E-state index in [2.05, 4.69) is 25.8 Å². The van der Waals surface area contributed by atoms with Crippen LogP contribution in [0.25, 0.3) is 0 Å². The largest absolute Gasteiger partial charge is 0.497 e. The van der Waals surface area contributed by atoms with Gasteiger partial charge in [0.15, 0.2) is 10.6 Å². The Balaban J connectivity index is 1.28. The smallest absolute Gasteiger partial charge is 0.288 e. The van der Waals surface area contributed by atoms with E-state index in [4.69, 9.17) is 18.9 Å². The number of carbonyl (C=O) groups is 1. The molecule has 4 aliphatic heterocycles. The molecule has 1 aromatic heterocycles. The summed E-state index contributed by atoms with van der Waals surface area (Å²) in [5, 5.41) is 9.74. The van der Waals surface area contributed by atoms with Crippen molar-refractivity contribution in [3.63, 3.8) is 0 Å². The predicted molar refractivity (Wildman–Crippen MR) is 188 cm³/mol. The lowest BCUT2D eigenvalue weighted by Crippen LogP contribution is -2.77. The van der Waals surface area contributed by atoms with Gasteiger partial charge in [0, 0.05) is 62.4 Å². The van der Waals surface area contributed by atoms with Crippen molar-refractivity contribution in [2.75, 3.05) is 84.7 Å². The molecule has 2 aromatic carbocycles. The number of nitrogens with zero attached hydrogens (tertiary/aromatic N) is 6. The van der Waals surface area contributed by atoms with E-state index in [-0.39, 0.29) is 16.1 Å². The molecule has 1 unspecified atom stereocenters. The third-order valence-corrected chi connectivity index (χ3v) is 12.5. The lowest BCUT2D eigenvalue weighted by atomic mass is 9.67. The van der Waals surface area contributed by atoms with Crippen LogP contribution in [0.4, 0.5) is 5.69 Å². The predicted octanol–water partition coefficient (Wildman–Crippen LogP) is 3.08. The number of ether oxygens (including phenoxy) is 4. The monoisotopic (exact) mass is 716 g/mol. The summed E-state index contributed by atoms with van der Waals surface area (Å²) in [7, 11) is 0.218. The van der Waals surface area contributed by atoms with Gasteiger partial charge in [0.25, 0.3) is 15.9 Å². The minimum absolute atomic E-state index is 0.0536. The standard InChI is InChI=1S/C37H44N6O7S/c1-5-50-33-10-7-28(48-3)19-31(33)37(42-24-36(25-42)22-41(23-36)27-12-14-40(15-13-27)16-17-47-2)30-18-26(20-38)6-9-32(30)43(35(37)44)51(45,46)34-11-8-29(49-4)21-39-34/h6-11,18-19,21,27H,5,12-17,22-25H2,1-4H3. The Morgan fingerprint density at radius 2 is 1.67 bits per heavy atom. The zero-order valence-electron chi connectivity index (χ0n) is 29.5. The number of anilines is 1. The van der Waals surface area contributed by atoms with Gasteiger partial charge in [0.05, 0.1) is 51.0 Å². The SMILES string of the molecule is CCOc1ccc(OC)cc1C1(N2CC3(CN(C4CCN(CCOC)CC4)C3)C2)C(=O)N(S(=O)(=O)c2ccc(OC)cn2)c2ccc(C#N)cc21. The van der Waals surface area contributed by atoms with E-state index >= 15 is 4.79 Å². The normalized spacial score (nSPS) is 22.3. The third kappa shape index (κ3) is 5.81. The van der Waals surface area contributed by atoms with Gasteiger partial charge in [-0.25, -0.2) is 4.98 Å². The van der Waals surface area contributed by atoms with Crippen LogP contribution in [0.15, 0.2) is 59.8 Å². The molecule has 3 aromatic rings. The second-order valence-corrected chi connectivity index (χ2v) is 15.5. The molecule has 7 rings (SSSR count). The summed E-state index contributed by atoms with van der Waals surface area (Å²) in [4.78, 5) is 26.6. The zero-order chi connectivity index (χ0) is 36.0. The number of methoxy groups -OCH3 is 3. The molecule has 13 nitrogen and oxygen atoms in total. The lowest BCUT2D eigenvalue weighted by molar-refractivity contribution is -0.170. The van der Waals surface area contributed by atoms with Crippen LogP contribution in [0.2, 0.25) is 0 Å². The zero-order valence-corrected chi connectivity index (χ0v) is 30.3. The molecule has 3 fully saturated rings. The minimum Gasteiger partial charge on any atom is -0.497 e. The van der Waals surface area contributed by atoms with E-state index in [0.29, 0.717) is 59.7 Å². The number of hydrogen-bond acceptors (Lipinski definition) is 12. The Labute approximate surface area is 299 Å². The number of benzene rings is 2. The van der Waals surface area contributed by atoms with Gasteiger partial charge in [-0.15, -0.1) is 0 Å². The molecule has 1 spiro atoms. The van der Waals surface area contributed by atoms with Crippen molar-refractivity contribution in [2.45, 2.75) is 36.4 Å². The Hall–Kier alpha value is -4.26. The molecule has 3 saturated heterocycles. The van der Waals surface area contributed by atoms with Crippen LogP contribution in [-0.2, 0) is 25.1 Å². The minimum atomic E-state index is -4.52. The van der Waals surface area contributed by atoms with E-state index in [0.717, 1.165) is 56.5 Å². The fourth-order valence-electron chi connectivity index (χ4n) is 8.36. The summed E-state index contributed by atoms with van der Waals surface area (Å²) in [5.74, 6) is 0.607. The summed E-state index contributed by atoms with van der Waals surface area (Å²) >= 11 is 0. The molecule has 1 atom stereocenters. The first kappa shape index (κ1) is 35.2. The summed E-state index contributed by atoms with van der Waals surface area (Å²) in [5.41, 5.74) is -0.373. The molecule has 0 saturated carbocycles. The average Bonchev–Trinajstić information content (AvgIpc) is 3.38. The maximum Gasteiger partial charge on any atom is 0.288 e. The van der Waals surface area contributed by atoms with Crippen molar-refractivity contribution in [3.05, 3.63) is 71.4 Å². The number of fused-ring (bicyclic) bond motifs is 1. The number of pyridine rings is 1. The summed E-state index contributed by atoms with van der Waals surface area (Å²) < 4.78 is 52.1. The van der Waals surface area contributed by atoms with Crippen molar-refractivity contribution in [2.24, 2.45) is 5.41 Å². The Bertz CT molecular complexity index is 1930. The van der Waals surface area contributed by atoms with Crippen molar-refractivity contribution in [1.29, 1.82) is 5.26 Å². The summed E-state index contributed by atoms with van der Waals surface area (Å²) in [6.45, 7) is 8.84. The number of amides is 1. The number of rotatable bonds is 12. The highest BCUT2D eigenvalue weighted by atomic mass is 32.2. The molecule has 5 heterocycles. The molecule has 4 aliphatic rings. The van der Waals surface area contributed by atoms with Crippen LogP contribution < -0.4 is 18.5 Å². The van der Waals surface area contributed by atoms with Gasteiger partial charge in [0.1, 0.15) is 17.2 Å². The highest BCUT2D eigenvalue weighted by molar-refractivity contribution is 7.93. The first-order valence-corrected chi connectivity index (χ1v) is 18.7. The van der Waals surface area contributed by atoms with E-state index < -0.39 is 21.5 Å². The van der Waals surface area contributed by atoms with Crippen LogP contribution >= 0.6 is 0 Å². The fourth-order valence-corrected chi connectivity index (χ4v) is 9.74. The van der Waals surface area contributed by atoms with Gasteiger partial charge in [-0.05, 0) is 81.4 Å². The molecule has 14 heteroatoms. The van der Waals surface area contributed by atoms with E-state index in [1.807, 2.05) is 6.92 Å². The van der Waals surface area contributed by atoms with Gasteiger partial charge >= 0.3 is 0 Å². The number of aromatic nitrogens is 1. The van der Waals surface area contributed by atoms with Crippen molar-refractivity contribution in [3.8, 4) is 23.3 Å². The quantitative estimate of drug-likeness (QED) is 0.272. The molecule has 51 heavy (non-hydrogen) atoms. The van der Waals surface area contributed by atoms with Crippen LogP contribution in [0.3, 0.4) is 0 Å². The number of hydrogen-bond donors (Lipinski definition) is 0. The Kier molecular flexibility index (Phi) is 9.45. The van der Waals surface area contributed by atoms with Gasteiger partial charge in [-0.2, -0.15) is 18.0 Å². The maximum absolute atomic E-state index is 15.4. The molecular weight excluding hydrogens is 673 g/mol. The maximum atomic E-state index is 15.4. The van der Waals surface area contributed by atoms with E-state index in [1.165, 1.54) is 37.6 Å². The van der Waals surface area contributed by atoms with Gasteiger partial charge in [0.2, 0.25) is 0 Å². The second kappa shape index (κ2) is 13.7. The highest BCUT2D eigenvalue weighted by Gasteiger charge is 2.67. The number of nitriles is 1. The van der Waals surface area contributed by atoms with Crippen LogP contribution in [0, 0.1) is 16.7 Å². The molecule has 1 amide bonds. The van der Waals surface area contributed by atoms with Crippen molar-refractivity contribution in [1.82, 2.24) is 19.7 Å². The Morgan fingerprint density at radius 1 is 0.941 bits per heavy atom. The van der Waals surface area contributed by atoms with Gasteiger partial charge in [-0.3, -0.25) is 14.6 Å². The average molecular weight is 717 g/mol. The molecule has 0 aliphatic carbocycles. The van der Waals surface area contributed by atoms with Gasteiger partial charge < -0.3 is 23.8 Å². The third-order valence-electron chi connectivity index (χ3n) is 10.8. The summed E-state index contributed by atoms with van der Waals surface area (Å²) in [6, 6.07) is 15.5. The first-order valence-electron chi connectivity index (χ1n) is 17.3. The molecule has 0 bridgehead atoms. The molecule has 270 valence electrons. The van der Waals surface area contributed by atoms with Crippen LogP contribution in [-0.4, -0.2) is 120 Å². The topological polar surface area (TPSA) is 138 Å². The van der Waals surface area contributed by atoms with Crippen LogP contribution in [0.1, 0.15) is 36.5 Å². The van der Waals surface area contributed by atoms with Crippen LogP contribution in [0.5, 0.6) is 17.2 Å². The number of sulfonamides is 1. The second-order valence-electron chi connectivity index (χ2n) is 13.8. The number of piperidine rings is 1. The van der Waals surface area contributed by atoms with Crippen molar-refractivity contribution >= 4 is 21.6 Å². The van der Waals surface area contributed by atoms with Crippen molar-refractivity contribution < 1.29 is 32.2 Å². The van der Waals surface area contributed by atoms with E-state index in [1.54, 1.807) is 38.5 Å². The first-order chi connectivity index (χ1) is 24.6. The van der Waals surface area contributed by atoms with Gasteiger partial charge in [-0.1, -0.05) is 0 Å². The number of carbonyl (C=O) groups excluding carboxylic acids is 1. The number of likely N-dealkylation sites (tertiary alicyclic amines) is 3. The highest BCUT2D eigenvalue weighted by Crippen LogP contribution is 2.57. The van der Waals surface area contributed by atoms with E-state index in [9.17, 15) is 13.7 Å². The Morgan fingerprint density at radius 3 is 2.29 bits per heavy atom. The molecule has 0 N–H and O–H groups in total. The molecule has 0 radical (unpaired) electrons. The lowest BCUT2D eigenvalue weighted by Gasteiger charge is -2.65.